The van der Waals surface area contributed by atoms with Gasteiger partial charge in [-0.25, -0.2) is 19.3 Å². The SMILES string of the molecule is CCCSNc1cccc(-c2cc(OC)c3nc(-c4ccc(N)nc4F)nc(N4CCOCC4)c3c2)c1F. The van der Waals surface area contributed by atoms with E-state index in [2.05, 4.69) is 26.5 Å². The Morgan fingerprint density at radius 1 is 1.08 bits per heavy atom. The van der Waals surface area contributed by atoms with E-state index in [1.54, 1.807) is 18.2 Å². The third-order valence-electron chi connectivity index (χ3n) is 6.19. The fraction of sp³-hybridized carbons (Fsp3) is 0.296. The molecule has 2 aromatic carbocycles. The highest BCUT2D eigenvalue weighted by atomic mass is 32.2. The van der Waals surface area contributed by atoms with Gasteiger partial charge in [-0.05, 0) is 42.3 Å². The summed E-state index contributed by atoms with van der Waals surface area (Å²) in [4.78, 5) is 15.2. The predicted molar refractivity (Wildman–Crippen MR) is 148 cm³/mol. The molecule has 1 aliphatic rings. The average Bonchev–Trinajstić information content (AvgIpc) is 2.93. The van der Waals surface area contributed by atoms with Crippen LogP contribution >= 0.6 is 11.9 Å². The highest BCUT2D eigenvalue weighted by Gasteiger charge is 2.23. The molecular weight excluding hydrogens is 510 g/mol. The highest BCUT2D eigenvalue weighted by molar-refractivity contribution is 8.00. The van der Waals surface area contributed by atoms with Crippen LogP contribution in [0.5, 0.6) is 5.75 Å². The Morgan fingerprint density at radius 2 is 1.89 bits per heavy atom. The lowest BCUT2D eigenvalue weighted by atomic mass is 10.0. The zero-order chi connectivity index (χ0) is 26.6. The molecule has 38 heavy (non-hydrogen) atoms. The first-order valence-corrected chi connectivity index (χ1v) is 13.3. The number of hydrogen-bond acceptors (Lipinski definition) is 9. The highest BCUT2D eigenvalue weighted by Crippen LogP contribution is 2.39. The van der Waals surface area contributed by atoms with Crippen LogP contribution in [-0.4, -0.2) is 54.1 Å². The lowest BCUT2D eigenvalue weighted by molar-refractivity contribution is 0.122. The van der Waals surface area contributed by atoms with Crippen molar-refractivity contribution in [1.29, 1.82) is 0 Å². The fourth-order valence-corrected chi connectivity index (χ4v) is 4.93. The van der Waals surface area contributed by atoms with Crippen LogP contribution in [0.2, 0.25) is 0 Å². The van der Waals surface area contributed by atoms with Gasteiger partial charge < -0.3 is 24.8 Å². The molecule has 1 saturated heterocycles. The van der Waals surface area contributed by atoms with Gasteiger partial charge in [0.1, 0.15) is 22.9 Å². The van der Waals surface area contributed by atoms with Crippen molar-refractivity contribution in [3.05, 3.63) is 54.2 Å². The summed E-state index contributed by atoms with van der Waals surface area (Å²) < 4.78 is 44.7. The second-order valence-corrected chi connectivity index (χ2v) is 9.64. The standard InChI is InChI=1S/C27H28F2N6O2S/c1-3-13-38-34-20-6-4-5-17(23(20)28)16-14-19-24(21(15-16)36-2)32-26(18-7-8-22(30)31-25(18)29)33-27(19)35-9-11-37-12-10-35/h4-8,14-15,34H,3,9-13H2,1-2H3,(H2,30,31). The van der Waals surface area contributed by atoms with E-state index in [1.165, 1.54) is 31.2 Å². The number of anilines is 3. The number of aromatic nitrogens is 3. The van der Waals surface area contributed by atoms with Gasteiger partial charge in [0, 0.05) is 29.8 Å². The summed E-state index contributed by atoms with van der Waals surface area (Å²) in [6.45, 7) is 4.28. The summed E-state index contributed by atoms with van der Waals surface area (Å²) in [6, 6.07) is 11.8. The number of methoxy groups -OCH3 is 1. The third kappa shape index (κ3) is 5.16. The molecule has 198 valence electrons. The number of morpholine rings is 1. The molecular formula is C27H28F2N6O2S. The molecule has 0 saturated carbocycles. The van der Waals surface area contributed by atoms with Crippen LogP contribution in [0.25, 0.3) is 33.4 Å². The van der Waals surface area contributed by atoms with Crippen molar-refractivity contribution in [2.24, 2.45) is 0 Å². The van der Waals surface area contributed by atoms with Crippen molar-refractivity contribution in [1.82, 2.24) is 15.0 Å². The second kappa shape index (κ2) is 11.4. The van der Waals surface area contributed by atoms with E-state index in [4.69, 9.17) is 20.2 Å². The molecule has 0 radical (unpaired) electrons. The molecule has 8 nitrogen and oxygen atoms in total. The molecule has 2 aromatic heterocycles. The zero-order valence-corrected chi connectivity index (χ0v) is 21.9. The van der Waals surface area contributed by atoms with E-state index < -0.39 is 5.95 Å². The van der Waals surface area contributed by atoms with Crippen LogP contribution in [0.15, 0.2) is 42.5 Å². The number of fused-ring (bicyclic) bond motifs is 1. The van der Waals surface area contributed by atoms with E-state index in [9.17, 15) is 4.39 Å². The van der Waals surface area contributed by atoms with Crippen LogP contribution in [0.4, 0.5) is 26.1 Å². The van der Waals surface area contributed by atoms with Crippen molar-refractivity contribution < 1.29 is 18.3 Å². The molecule has 3 heterocycles. The first-order valence-electron chi connectivity index (χ1n) is 12.3. The molecule has 1 aliphatic heterocycles. The lowest BCUT2D eigenvalue weighted by Gasteiger charge is -2.29. The van der Waals surface area contributed by atoms with Gasteiger partial charge in [0.05, 0.1) is 31.6 Å². The van der Waals surface area contributed by atoms with Crippen LogP contribution in [0.3, 0.4) is 0 Å². The Labute approximate surface area is 223 Å². The number of benzene rings is 2. The summed E-state index contributed by atoms with van der Waals surface area (Å²) in [6.07, 6.45) is 0.976. The monoisotopic (exact) mass is 538 g/mol. The maximum absolute atomic E-state index is 15.6. The van der Waals surface area contributed by atoms with Gasteiger partial charge in [-0.15, -0.1) is 0 Å². The van der Waals surface area contributed by atoms with E-state index in [0.717, 1.165) is 12.2 Å². The van der Waals surface area contributed by atoms with E-state index in [-0.39, 0.29) is 23.0 Å². The number of rotatable bonds is 8. The van der Waals surface area contributed by atoms with Gasteiger partial charge in [0.2, 0.25) is 5.95 Å². The lowest BCUT2D eigenvalue weighted by Crippen LogP contribution is -2.37. The van der Waals surface area contributed by atoms with Gasteiger partial charge in [0.25, 0.3) is 0 Å². The molecule has 11 heteroatoms. The fourth-order valence-electron chi connectivity index (χ4n) is 4.31. The number of ether oxygens (including phenoxy) is 2. The predicted octanol–water partition coefficient (Wildman–Crippen LogP) is 5.53. The third-order valence-corrected chi connectivity index (χ3v) is 7.16. The molecule has 0 amide bonds. The number of nitrogens with one attached hydrogen (secondary N) is 1. The van der Waals surface area contributed by atoms with Gasteiger partial charge in [-0.2, -0.15) is 4.39 Å². The number of nitrogen functional groups attached to an aromatic ring is 1. The van der Waals surface area contributed by atoms with Crippen molar-refractivity contribution in [3.8, 4) is 28.3 Å². The van der Waals surface area contributed by atoms with Crippen molar-refractivity contribution in [3.63, 3.8) is 0 Å². The van der Waals surface area contributed by atoms with Gasteiger partial charge in [0.15, 0.2) is 11.6 Å². The smallest absolute Gasteiger partial charge is 0.225 e. The number of hydrogen-bond donors (Lipinski definition) is 2. The average molecular weight is 539 g/mol. The molecule has 5 rings (SSSR count). The van der Waals surface area contributed by atoms with Crippen LogP contribution < -0.4 is 20.1 Å². The first kappa shape index (κ1) is 25.9. The topological polar surface area (TPSA) is 98.4 Å². The molecule has 0 bridgehead atoms. The van der Waals surface area contributed by atoms with Gasteiger partial charge in [-0.3, -0.25) is 0 Å². The summed E-state index contributed by atoms with van der Waals surface area (Å²) >= 11 is 1.46. The first-order chi connectivity index (χ1) is 18.5. The Kier molecular flexibility index (Phi) is 7.75. The minimum absolute atomic E-state index is 0.0644. The molecule has 1 fully saturated rings. The van der Waals surface area contributed by atoms with Gasteiger partial charge >= 0.3 is 0 Å². The quantitative estimate of drug-likeness (QED) is 0.170. The van der Waals surface area contributed by atoms with E-state index in [1.807, 2.05) is 12.1 Å². The number of halogens is 2. The maximum Gasteiger partial charge on any atom is 0.225 e. The van der Waals surface area contributed by atoms with E-state index in [0.29, 0.717) is 65.6 Å². The minimum atomic E-state index is -0.764. The van der Waals surface area contributed by atoms with Gasteiger partial charge in [-0.1, -0.05) is 31.0 Å². The Bertz CT molecular complexity index is 1470. The molecule has 4 aromatic rings. The number of nitrogens with two attached hydrogens (primary N) is 1. The van der Waals surface area contributed by atoms with E-state index >= 15 is 4.39 Å². The maximum atomic E-state index is 15.6. The molecule has 0 aliphatic carbocycles. The van der Waals surface area contributed by atoms with Crippen LogP contribution in [0, 0.1) is 11.8 Å². The summed E-state index contributed by atoms with van der Waals surface area (Å²) in [5, 5.41) is 0.659. The summed E-state index contributed by atoms with van der Waals surface area (Å²) in [5.41, 5.74) is 7.68. The molecule has 3 N–H and O–H groups in total. The summed E-state index contributed by atoms with van der Waals surface area (Å²) in [7, 11) is 1.52. The minimum Gasteiger partial charge on any atom is -0.494 e. The van der Waals surface area contributed by atoms with Crippen molar-refractivity contribution in [2.45, 2.75) is 13.3 Å². The summed E-state index contributed by atoms with van der Waals surface area (Å²) in [5.74, 6) is 0.948. The Hall–Kier alpha value is -3.70. The van der Waals surface area contributed by atoms with Crippen molar-refractivity contribution in [2.75, 3.05) is 54.5 Å². The normalized spacial score (nSPS) is 13.6. The number of nitrogens with zero attached hydrogens (tertiary/aromatic N) is 4. The number of pyridine rings is 1. The Morgan fingerprint density at radius 3 is 2.63 bits per heavy atom. The molecule has 0 spiro atoms. The van der Waals surface area contributed by atoms with Crippen LogP contribution in [0.1, 0.15) is 13.3 Å². The second-order valence-electron chi connectivity index (χ2n) is 8.74. The zero-order valence-electron chi connectivity index (χ0n) is 21.1. The Balaban J connectivity index is 1.70. The molecule has 0 unspecified atom stereocenters. The molecule has 0 atom stereocenters. The van der Waals surface area contributed by atoms with Crippen molar-refractivity contribution >= 4 is 40.2 Å². The largest absolute Gasteiger partial charge is 0.494 e. The van der Waals surface area contributed by atoms with Crippen LogP contribution in [-0.2, 0) is 4.74 Å².